The number of hydrogen-bond acceptors (Lipinski definition) is 7. The van der Waals surface area contributed by atoms with Gasteiger partial charge in [-0.05, 0) is 27.7 Å². The predicted molar refractivity (Wildman–Crippen MR) is 74.0 cm³/mol. The van der Waals surface area contributed by atoms with Crippen molar-refractivity contribution in [2.45, 2.75) is 76.2 Å². The fourth-order valence-electron chi connectivity index (χ4n) is 3.28. The van der Waals surface area contributed by atoms with Gasteiger partial charge in [0.05, 0.1) is 26.2 Å². The van der Waals surface area contributed by atoms with Gasteiger partial charge in [-0.2, -0.15) is 0 Å². The van der Waals surface area contributed by atoms with Crippen molar-refractivity contribution >= 4 is 5.97 Å². The quantitative estimate of drug-likeness (QED) is 0.703. The van der Waals surface area contributed by atoms with Gasteiger partial charge in [0.15, 0.2) is 11.6 Å². The largest absolute Gasteiger partial charge is 0.469 e. The first kappa shape index (κ1) is 16.1. The third-order valence-electron chi connectivity index (χ3n) is 4.18. The second-order valence-corrected chi connectivity index (χ2v) is 6.85. The highest BCUT2D eigenvalue weighted by Gasteiger charge is 2.58. The standard InChI is InChI=1S/C15H24O7/c1-14(2)18-7-9-12(20-14)13-11(21-15(3,4)22-13)8(19-9)6-10(16)17-5/h8-9,11-13H,6-7H2,1-5H3/t8-,9+,11+,12+,13+/m0/s1. The van der Waals surface area contributed by atoms with E-state index in [0.717, 1.165) is 0 Å². The molecule has 3 aliphatic rings. The van der Waals surface area contributed by atoms with Crippen molar-refractivity contribution in [2.24, 2.45) is 0 Å². The van der Waals surface area contributed by atoms with Crippen LogP contribution in [-0.4, -0.2) is 61.8 Å². The summed E-state index contributed by atoms with van der Waals surface area (Å²) in [6, 6.07) is 0. The highest BCUT2D eigenvalue weighted by atomic mass is 16.8. The molecule has 3 aliphatic heterocycles. The van der Waals surface area contributed by atoms with E-state index in [1.807, 2.05) is 27.7 Å². The Morgan fingerprint density at radius 1 is 1.05 bits per heavy atom. The highest BCUT2D eigenvalue weighted by Crippen LogP contribution is 2.42. The van der Waals surface area contributed by atoms with Crippen LogP contribution in [0.25, 0.3) is 0 Å². The SMILES string of the molecule is COC(=O)C[C@@H]1O[C@@H]2COC(C)(C)O[C@H]2[C@@H]2OC(C)(C)O[C@@H]21. The molecular formula is C15H24O7. The summed E-state index contributed by atoms with van der Waals surface area (Å²) >= 11 is 0. The summed E-state index contributed by atoms with van der Waals surface area (Å²) in [6.45, 7) is 7.81. The van der Waals surface area contributed by atoms with Crippen molar-refractivity contribution in [1.29, 1.82) is 0 Å². The van der Waals surface area contributed by atoms with Gasteiger partial charge in [0.25, 0.3) is 0 Å². The van der Waals surface area contributed by atoms with Gasteiger partial charge < -0.3 is 28.4 Å². The van der Waals surface area contributed by atoms with Crippen LogP contribution in [0.1, 0.15) is 34.1 Å². The van der Waals surface area contributed by atoms with Crippen molar-refractivity contribution in [1.82, 2.24) is 0 Å². The van der Waals surface area contributed by atoms with Gasteiger partial charge in [0.2, 0.25) is 0 Å². The first-order valence-electron chi connectivity index (χ1n) is 7.60. The van der Waals surface area contributed by atoms with Gasteiger partial charge >= 0.3 is 5.97 Å². The Kier molecular flexibility index (Phi) is 3.98. The smallest absolute Gasteiger partial charge is 0.308 e. The molecular weight excluding hydrogens is 292 g/mol. The molecule has 22 heavy (non-hydrogen) atoms. The maximum Gasteiger partial charge on any atom is 0.308 e. The third kappa shape index (κ3) is 3.00. The van der Waals surface area contributed by atoms with E-state index < -0.39 is 17.7 Å². The van der Waals surface area contributed by atoms with E-state index in [1.165, 1.54) is 7.11 Å². The van der Waals surface area contributed by atoms with Crippen molar-refractivity contribution in [3.8, 4) is 0 Å². The van der Waals surface area contributed by atoms with Crippen molar-refractivity contribution < 1.29 is 33.2 Å². The predicted octanol–water partition coefficient (Wildman–Crippen LogP) is 0.988. The molecule has 0 N–H and O–H groups in total. The second-order valence-electron chi connectivity index (χ2n) is 6.85. The van der Waals surface area contributed by atoms with Gasteiger partial charge in [0, 0.05) is 0 Å². The number of hydrogen-bond donors (Lipinski definition) is 0. The lowest BCUT2D eigenvalue weighted by Gasteiger charge is -2.48. The summed E-state index contributed by atoms with van der Waals surface area (Å²) < 4.78 is 34.4. The molecule has 0 aliphatic carbocycles. The van der Waals surface area contributed by atoms with E-state index in [1.54, 1.807) is 0 Å². The van der Waals surface area contributed by atoms with Gasteiger partial charge in [-0.1, -0.05) is 0 Å². The lowest BCUT2D eigenvalue weighted by molar-refractivity contribution is -0.348. The molecule has 0 radical (unpaired) electrons. The summed E-state index contributed by atoms with van der Waals surface area (Å²) in [5.74, 6) is -1.78. The Morgan fingerprint density at radius 3 is 2.36 bits per heavy atom. The molecule has 0 aromatic carbocycles. The zero-order valence-corrected chi connectivity index (χ0v) is 13.7. The molecule has 0 unspecified atom stereocenters. The molecule has 0 aromatic heterocycles. The molecule has 3 rings (SSSR count). The van der Waals surface area contributed by atoms with Gasteiger partial charge in [-0.25, -0.2) is 0 Å². The molecule has 0 saturated carbocycles. The minimum absolute atomic E-state index is 0.115. The molecule has 0 bridgehead atoms. The highest BCUT2D eigenvalue weighted by molar-refractivity contribution is 5.69. The van der Waals surface area contributed by atoms with Crippen LogP contribution in [0.5, 0.6) is 0 Å². The van der Waals surface area contributed by atoms with E-state index in [4.69, 9.17) is 28.4 Å². The summed E-state index contributed by atoms with van der Waals surface area (Å²) in [7, 11) is 1.36. The van der Waals surface area contributed by atoms with Gasteiger partial charge in [-0.15, -0.1) is 0 Å². The molecule has 0 aromatic rings. The van der Waals surface area contributed by atoms with Crippen LogP contribution in [0.4, 0.5) is 0 Å². The first-order chi connectivity index (χ1) is 10.2. The lowest BCUT2D eigenvalue weighted by atomic mass is 9.92. The molecule has 3 heterocycles. The molecule has 7 heteroatoms. The Labute approximate surface area is 130 Å². The summed E-state index contributed by atoms with van der Waals surface area (Å²) in [5, 5.41) is 0. The van der Waals surface area contributed by atoms with Crippen molar-refractivity contribution in [3.05, 3.63) is 0 Å². The molecule has 3 saturated heterocycles. The number of rotatable bonds is 2. The van der Waals surface area contributed by atoms with E-state index in [-0.39, 0.29) is 36.8 Å². The number of carbonyl (C=O) groups excluding carboxylic acids is 1. The second kappa shape index (κ2) is 5.42. The van der Waals surface area contributed by atoms with Crippen LogP contribution in [0.15, 0.2) is 0 Å². The van der Waals surface area contributed by atoms with Crippen LogP contribution in [-0.2, 0) is 33.2 Å². The topological polar surface area (TPSA) is 72.5 Å². The average Bonchev–Trinajstić information content (AvgIpc) is 2.75. The summed E-state index contributed by atoms with van der Waals surface area (Å²) in [5.41, 5.74) is 0. The molecule has 3 fully saturated rings. The van der Waals surface area contributed by atoms with Crippen LogP contribution >= 0.6 is 0 Å². The molecule has 0 amide bonds. The Bertz CT molecular complexity index is 447. The van der Waals surface area contributed by atoms with Crippen LogP contribution in [0.3, 0.4) is 0 Å². The number of methoxy groups -OCH3 is 1. The van der Waals surface area contributed by atoms with Crippen LogP contribution in [0, 0.1) is 0 Å². The maximum absolute atomic E-state index is 11.6. The van der Waals surface area contributed by atoms with E-state index >= 15 is 0 Å². The van der Waals surface area contributed by atoms with Crippen LogP contribution in [0.2, 0.25) is 0 Å². The zero-order chi connectivity index (χ0) is 16.1. The minimum Gasteiger partial charge on any atom is -0.469 e. The molecule has 7 nitrogen and oxygen atoms in total. The maximum atomic E-state index is 11.6. The van der Waals surface area contributed by atoms with E-state index in [9.17, 15) is 4.79 Å². The Balaban J connectivity index is 1.82. The van der Waals surface area contributed by atoms with Crippen molar-refractivity contribution in [2.75, 3.05) is 13.7 Å². The summed E-state index contributed by atoms with van der Waals surface area (Å²) in [6.07, 6.45) is -1.57. The fraction of sp³-hybridized carbons (Fsp3) is 0.933. The molecule has 126 valence electrons. The zero-order valence-electron chi connectivity index (χ0n) is 13.7. The monoisotopic (exact) mass is 316 g/mol. The fourth-order valence-corrected chi connectivity index (χ4v) is 3.28. The summed E-state index contributed by atoms with van der Waals surface area (Å²) in [4.78, 5) is 11.6. The van der Waals surface area contributed by atoms with E-state index in [2.05, 4.69) is 0 Å². The number of fused-ring (bicyclic) bond motifs is 3. The normalized spacial score (nSPS) is 42.3. The lowest BCUT2D eigenvalue weighted by Crippen LogP contribution is -2.63. The van der Waals surface area contributed by atoms with Crippen molar-refractivity contribution in [3.63, 3.8) is 0 Å². The third-order valence-corrected chi connectivity index (χ3v) is 4.18. The van der Waals surface area contributed by atoms with Crippen LogP contribution < -0.4 is 0 Å². The number of ether oxygens (including phenoxy) is 6. The Morgan fingerprint density at radius 2 is 1.68 bits per heavy atom. The first-order valence-corrected chi connectivity index (χ1v) is 7.60. The molecule has 5 atom stereocenters. The number of carbonyl (C=O) groups is 1. The minimum atomic E-state index is -0.742. The van der Waals surface area contributed by atoms with Gasteiger partial charge in [-0.3, -0.25) is 4.79 Å². The van der Waals surface area contributed by atoms with E-state index in [0.29, 0.717) is 6.61 Å². The Hall–Kier alpha value is -0.730. The van der Waals surface area contributed by atoms with Gasteiger partial charge in [0.1, 0.15) is 24.4 Å². The molecule has 0 spiro atoms. The number of esters is 1. The average molecular weight is 316 g/mol.